The number of carbonyl (C=O) groups is 1. The highest BCUT2D eigenvalue weighted by Crippen LogP contribution is 2.35. The van der Waals surface area contributed by atoms with Gasteiger partial charge in [0.1, 0.15) is 0 Å². The van der Waals surface area contributed by atoms with Crippen LogP contribution in [0.25, 0.3) is 10.9 Å². The first-order valence-electron chi connectivity index (χ1n) is 10.7. The quantitative estimate of drug-likeness (QED) is 0.367. The number of ether oxygens (including phenoxy) is 1. The van der Waals surface area contributed by atoms with Crippen molar-refractivity contribution >= 4 is 33.3 Å². The molecule has 0 unspecified atom stereocenters. The zero-order chi connectivity index (χ0) is 26.1. The number of thiazole rings is 1. The number of fused-ring (bicyclic) bond motifs is 1. The molecule has 4 rings (SSSR count). The standard InChI is InChI=1S/C20H20F6N6O3S/c21-19(22,23)12-10-32(13-9-27-29-17(34)16(12)13)6-8-35-7-1-15(33)30-2-4-31(5-3-30)18-28-14(11-36-18)20(24,25)26/h9-11H,1-8H2,(H,29,34). The number of anilines is 1. The highest BCUT2D eigenvalue weighted by atomic mass is 32.1. The van der Waals surface area contributed by atoms with Gasteiger partial charge in [0, 0.05) is 44.3 Å². The Kier molecular flexibility index (Phi) is 7.26. The summed E-state index contributed by atoms with van der Waals surface area (Å²) in [5, 5.41) is 6.25. The maximum absolute atomic E-state index is 13.3. The maximum Gasteiger partial charge on any atom is 0.434 e. The summed E-state index contributed by atoms with van der Waals surface area (Å²) >= 11 is 0.898. The highest BCUT2D eigenvalue weighted by molar-refractivity contribution is 7.13. The fourth-order valence-corrected chi connectivity index (χ4v) is 4.71. The maximum atomic E-state index is 13.3. The summed E-state index contributed by atoms with van der Waals surface area (Å²) in [6.07, 6.45) is -7.22. The first kappa shape index (κ1) is 25.9. The molecule has 1 aliphatic rings. The molecule has 1 saturated heterocycles. The van der Waals surface area contributed by atoms with E-state index >= 15 is 0 Å². The zero-order valence-electron chi connectivity index (χ0n) is 18.5. The molecule has 3 aromatic rings. The molecular weight excluding hydrogens is 518 g/mol. The fraction of sp³-hybridized carbons (Fsp3) is 0.500. The summed E-state index contributed by atoms with van der Waals surface area (Å²) in [4.78, 5) is 31.2. The monoisotopic (exact) mass is 538 g/mol. The number of rotatable bonds is 7. The Morgan fingerprint density at radius 1 is 1.08 bits per heavy atom. The molecule has 9 nitrogen and oxygen atoms in total. The second-order valence-electron chi connectivity index (χ2n) is 7.94. The van der Waals surface area contributed by atoms with E-state index in [4.69, 9.17) is 4.74 Å². The summed E-state index contributed by atoms with van der Waals surface area (Å²) in [6, 6.07) is 0. The van der Waals surface area contributed by atoms with Gasteiger partial charge in [-0.1, -0.05) is 0 Å². The molecule has 3 aromatic heterocycles. The molecule has 1 fully saturated rings. The molecule has 1 amide bonds. The Labute approximate surface area is 203 Å². The van der Waals surface area contributed by atoms with E-state index in [0.717, 1.165) is 29.1 Å². The van der Waals surface area contributed by atoms with E-state index in [2.05, 4.69) is 10.1 Å². The van der Waals surface area contributed by atoms with Gasteiger partial charge in [-0.25, -0.2) is 10.1 Å². The van der Waals surface area contributed by atoms with E-state index in [1.54, 1.807) is 9.80 Å². The number of aromatic amines is 1. The van der Waals surface area contributed by atoms with Crippen molar-refractivity contribution in [3.05, 3.63) is 39.4 Å². The minimum absolute atomic E-state index is 0.000516. The molecule has 0 bridgehead atoms. The first-order valence-corrected chi connectivity index (χ1v) is 11.6. The van der Waals surface area contributed by atoms with E-state index in [1.807, 2.05) is 5.10 Å². The van der Waals surface area contributed by atoms with E-state index in [1.165, 1.54) is 4.57 Å². The number of carbonyl (C=O) groups excluding carboxylic acids is 1. The van der Waals surface area contributed by atoms with Crippen LogP contribution in [0, 0.1) is 0 Å². The number of halogens is 6. The summed E-state index contributed by atoms with van der Waals surface area (Å²) in [5.74, 6) is -0.203. The van der Waals surface area contributed by atoms with Crippen molar-refractivity contribution in [2.75, 3.05) is 44.3 Å². The normalized spacial score (nSPS) is 15.2. The lowest BCUT2D eigenvalue weighted by Crippen LogP contribution is -2.49. The predicted octanol–water partition coefficient (Wildman–Crippen LogP) is 2.97. The van der Waals surface area contributed by atoms with E-state index < -0.39 is 34.6 Å². The van der Waals surface area contributed by atoms with Crippen LogP contribution in [0.1, 0.15) is 17.7 Å². The van der Waals surface area contributed by atoms with Gasteiger partial charge in [0.15, 0.2) is 10.8 Å². The van der Waals surface area contributed by atoms with Crippen molar-refractivity contribution < 1.29 is 35.9 Å². The van der Waals surface area contributed by atoms with Crippen LogP contribution >= 0.6 is 11.3 Å². The van der Waals surface area contributed by atoms with Crippen molar-refractivity contribution in [2.24, 2.45) is 0 Å². The second kappa shape index (κ2) is 10.1. The molecule has 0 radical (unpaired) electrons. The van der Waals surface area contributed by atoms with Gasteiger partial charge in [0.2, 0.25) is 5.91 Å². The highest BCUT2D eigenvalue weighted by Gasteiger charge is 2.36. The van der Waals surface area contributed by atoms with Crippen LogP contribution in [0.5, 0.6) is 0 Å². The predicted molar refractivity (Wildman–Crippen MR) is 117 cm³/mol. The SMILES string of the molecule is O=C(CCOCCn1cc(C(F)(F)F)c2c(=O)[nH]ncc21)N1CCN(c2nc(C(F)(F)F)cs2)CC1. The Hall–Kier alpha value is -3.14. The van der Waals surface area contributed by atoms with Crippen molar-refractivity contribution in [3.8, 4) is 0 Å². The van der Waals surface area contributed by atoms with Crippen molar-refractivity contribution in [2.45, 2.75) is 25.3 Å². The first-order chi connectivity index (χ1) is 16.9. The summed E-state index contributed by atoms with van der Waals surface area (Å²) in [6.45, 7) is 1.36. The Balaban J connectivity index is 1.23. The number of alkyl halides is 6. The topological polar surface area (TPSA) is 96.3 Å². The van der Waals surface area contributed by atoms with Gasteiger partial charge in [-0.05, 0) is 0 Å². The third kappa shape index (κ3) is 5.64. The van der Waals surface area contributed by atoms with Crippen LogP contribution in [-0.4, -0.2) is 69.9 Å². The number of nitrogens with zero attached hydrogens (tertiary/aromatic N) is 5. The number of aromatic nitrogens is 4. The Morgan fingerprint density at radius 3 is 2.44 bits per heavy atom. The molecule has 0 aromatic carbocycles. The van der Waals surface area contributed by atoms with Gasteiger partial charge >= 0.3 is 12.4 Å². The molecule has 1 aliphatic heterocycles. The van der Waals surface area contributed by atoms with Crippen LogP contribution in [-0.2, 0) is 28.4 Å². The van der Waals surface area contributed by atoms with Gasteiger partial charge in [0.05, 0.1) is 42.3 Å². The van der Waals surface area contributed by atoms with Crippen molar-refractivity contribution in [3.63, 3.8) is 0 Å². The van der Waals surface area contributed by atoms with E-state index in [9.17, 15) is 35.9 Å². The average molecular weight is 538 g/mol. The third-order valence-corrected chi connectivity index (χ3v) is 6.53. The molecule has 0 saturated carbocycles. The van der Waals surface area contributed by atoms with E-state index in [-0.39, 0.29) is 42.7 Å². The number of hydrogen-bond acceptors (Lipinski definition) is 7. The summed E-state index contributed by atoms with van der Waals surface area (Å²) < 4.78 is 84.7. The molecule has 16 heteroatoms. The van der Waals surface area contributed by atoms with Gasteiger partial charge in [-0.2, -0.15) is 31.4 Å². The van der Waals surface area contributed by atoms with Gasteiger partial charge in [-0.15, -0.1) is 11.3 Å². The average Bonchev–Trinajstić information content (AvgIpc) is 3.45. The van der Waals surface area contributed by atoms with Gasteiger partial charge in [0.25, 0.3) is 5.56 Å². The molecular formula is C20H20F6N6O3S. The fourth-order valence-electron chi connectivity index (χ4n) is 3.83. The lowest BCUT2D eigenvalue weighted by Gasteiger charge is -2.34. The van der Waals surface area contributed by atoms with Crippen LogP contribution < -0.4 is 10.5 Å². The molecule has 4 heterocycles. The number of nitrogens with one attached hydrogen (secondary N) is 1. The summed E-state index contributed by atoms with van der Waals surface area (Å²) in [7, 11) is 0. The van der Waals surface area contributed by atoms with E-state index in [0.29, 0.717) is 26.2 Å². The van der Waals surface area contributed by atoms with Crippen molar-refractivity contribution in [1.82, 2.24) is 24.6 Å². The lowest BCUT2D eigenvalue weighted by atomic mass is 10.2. The molecule has 196 valence electrons. The second-order valence-corrected chi connectivity index (χ2v) is 8.77. The number of amides is 1. The van der Waals surface area contributed by atoms with Crippen LogP contribution in [0.2, 0.25) is 0 Å². The smallest absolute Gasteiger partial charge is 0.379 e. The molecule has 0 atom stereocenters. The molecule has 0 spiro atoms. The third-order valence-electron chi connectivity index (χ3n) is 5.63. The van der Waals surface area contributed by atoms with Gasteiger partial charge < -0.3 is 19.1 Å². The minimum atomic E-state index is -4.71. The molecule has 1 N–H and O–H groups in total. The molecule has 36 heavy (non-hydrogen) atoms. The number of H-pyrrole nitrogens is 1. The van der Waals surface area contributed by atoms with Crippen LogP contribution in [0.15, 0.2) is 22.6 Å². The number of piperazine rings is 1. The number of hydrogen-bond donors (Lipinski definition) is 1. The largest absolute Gasteiger partial charge is 0.434 e. The summed E-state index contributed by atoms with van der Waals surface area (Å²) in [5.41, 5.74) is -2.93. The van der Waals surface area contributed by atoms with Gasteiger partial charge in [-0.3, -0.25) is 9.59 Å². The van der Waals surface area contributed by atoms with Crippen molar-refractivity contribution in [1.29, 1.82) is 0 Å². The van der Waals surface area contributed by atoms with Crippen LogP contribution in [0.3, 0.4) is 0 Å². The Bertz CT molecular complexity index is 1280. The molecule has 0 aliphatic carbocycles. The lowest BCUT2D eigenvalue weighted by molar-refractivity contribution is -0.140. The zero-order valence-corrected chi connectivity index (χ0v) is 19.3. The minimum Gasteiger partial charge on any atom is -0.379 e. The Morgan fingerprint density at radius 2 is 1.81 bits per heavy atom. The van der Waals surface area contributed by atoms with Crippen LogP contribution in [0.4, 0.5) is 31.5 Å².